The summed E-state index contributed by atoms with van der Waals surface area (Å²) in [6, 6.07) is 10.4. The lowest BCUT2D eigenvalue weighted by Gasteiger charge is -2.16. The summed E-state index contributed by atoms with van der Waals surface area (Å²) in [5, 5.41) is 23.5. The van der Waals surface area contributed by atoms with Gasteiger partial charge < -0.3 is 20.1 Å². The molecule has 0 spiro atoms. The number of ether oxygens (including phenoxy) is 2. The van der Waals surface area contributed by atoms with Crippen molar-refractivity contribution >= 4 is 11.6 Å². The molecular weight excluding hydrogens is 308 g/mol. The summed E-state index contributed by atoms with van der Waals surface area (Å²) >= 11 is 0. The maximum absolute atomic E-state index is 12.1. The zero-order chi connectivity index (χ0) is 17.8. The van der Waals surface area contributed by atoms with Crippen LogP contribution in [0.4, 0.5) is 5.69 Å². The van der Waals surface area contributed by atoms with Crippen LogP contribution in [0.5, 0.6) is 0 Å². The van der Waals surface area contributed by atoms with Gasteiger partial charge in [-0.15, -0.1) is 0 Å². The molecule has 0 saturated heterocycles. The highest BCUT2D eigenvalue weighted by molar-refractivity contribution is 6.07. The highest BCUT2D eigenvalue weighted by Crippen LogP contribution is 2.14. The summed E-state index contributed by atoms with van der Waals surface area (Å²) in [5.74, 6) is -0.600. The number of anilines is 1. The third-order valence-corrected chi connectivity index (χ3v) is 2.90. The number of benzene rings is 1. The highest BCUT2D eigenvalue weighted by Gasteiger charge is 2.12. The molecule has 0 aromatic heterocycles. The molecule has 1 aromatic rings. The quantitative estimate of drug-likeness (QED) is 0.407. The van der Waals surface area contributed by atoms with E-state index in [1.54, 1.807) is 24.3 Å². The monoisotopic (exact) mass is 328 g/mol. The standard InChI is InChI=1S/C17H20N4O3/c1-3-23-16(24-4-2)12-20-11-14(10-19)17(22)21-15-8-6-5-7-13(15)9-18/h5-8,11,16,20H,3-4,12H2,1-2H3,(H,21,22)/b14-11-. The second-order valence-electron chi connectivity index (χ2n) is 4.53. The molecule has 0 bridgehead atoms. The van der Waals surface area contributed by atoms with Crippen LogP contribution < -0.4 is 10.6 Å². The number of amides is 1. The average Bonchev–Trinajstić information content (AvgIpc) is 2.59. The molecule has 0 aliphatic rings. The zero-order valence-electron chi connectivity index (χ0n) is 13.7. The molecule has 24 heavy (non-hydrogen) atoms. The normalized spacial score (nSPS) is 10.8. The van der Waals surface area contributed by atoms with Gasteiger partial charge in [0.05, 0.1) is 17.8 Å². The van der Waals surface area contributed by atoms with Crippen molar-refractivity contribution in [3.05, 3.63) is 41.6 Å². The number of hydrogen-bond donors (Lipinski definition) is 2. The lowest BCUT2D eigenvalue weighted by molar-refractivity contribution is -0.131. The van der Waals surface area contributed by atoms with Crippen molar-refractivity contribution in [2.45, 2.75) is 20.1 Å². The Balaban J connectivity index is 2.69. The third-order valence-electron chi connectivity index (χ3n) is 2.90. The Labute approximate surface area is 141 Å². The summed E-state index contributed by atoms with van der Waals surface area (Å²) in [6.07, 6.45) is 0.841. The Kier molecular flexibility index (Phi) is 8.62. The van der Waals surface area contributed by atoms with E-state index in [0.717, 1.165) is 0 Å². The molecule has 0 atom stereocenters. The number of para-hydroxylation sites is 1. The molecule has 0 fully saturated rings. The molecule has 0 radical (unpaired) electrons. The van der Waals surface area contributed by atoms with Crippen LogP contribution >= 0.6 is 0 Å². The molecule has 0 aliphatic heterocycles. The predicted octanol–water partition coefficient (Wildman–Crippen LogP) is 1.89. The number of nitrogens with one attached hydrogen (secondary N) is 2. The maximum atomic E-state index is 12.1. The van der Waals surface area contributed by atoms with Crippen molar-refractivity contribution in [3.8, 4) is 12.1 Å². The number of nitriles is 2. The number of nitrogens with zero attached hydrogens (tertiary/aromatic N) is 2. The molecule has 1 rings (SSSR count). The average molecular weight is 328 g/mol. The minimum absolute atomic E-state index is 0.116. The van der Waals surface area contributed by atoms with Gasteiger partial charge in [-0.2, -0.15) is 10.5 Å². The van der Waals surface area contributed by atoms with Crippen molar-refractivity contribution < 1.29 is 14.3 Å². The second kappa shape index (κ2) is 10.8. The first kappa shape index (κ1) is 19.2. The molecule has 7 nitrogen and oxygen atoms in total. The van der Waals surface area contributed by atoms with E-state index < -0.39 is 12.2 Å². The first-order valence-electron chi connectivity index (χ1n) is 7.53. The Hall–Kier alpha value is -2.87. The van der Waals surface area contributed by atoms with Gasteiger partial charge in [0.1, 0.15) is 17.7 Å². The van der Waals surface area contributed by atoms with E-state index in [-0.39, 0.29) is 5.57 Å². The van der Waals surface area contributed by atoms with E-state index in [1.165, 1.54) is 6.20 Å². The molecule has 0 aliphatic carbocycles. The molecular formula is C17H20N4O3. The van der Waals surface area contributed by atoms with Crippen LogP contribution in [-0.2, 0) is 14.3 Å². The van der Waals surface area contributed by atoms with E-state index in [1.807, 2.05) is 26.0 Å². The molecule has 1 aromatic carbocycles. The Morgan fingerprint density at radius 1 is 1.25 bits per heavy atom. The predicted molar refractivity (Wildman–Crippen MR) is 88.5 cm³/mol. The van der Waals surface area contributed by atoms with E-state index in [0.29, 0.717) is 31.0 Å². The SMILES string of the molecule is CCOC(CN/C=C(/C#N)C(=O)Nc1ccccc1C#N)OCC. The summed E-state index contributed by atoms with van der Waals surface area (Å²) in [4.78, 5) is 12.1. The molecule has 1 amide bonds. The second-order valence-corrected chi connectivity index (χ2v) is 4.53. The van der Waals surface area contributed by atoms with Gasteiger partial charge in [0.25, 0.3) is 5.91 Å². The van der Waals surface area contributed by atoms with Crippen molar-refractivity contribution in [1.82, 2.24) is 5.32 Å². The smallest absolute Gasteiger partial charge is 0.267 e. The molecule has 0 unspecified atom stereocenters. The fourth-order valence-electron chi connectivity index (χ4n) is 1.82. The topological polar surface area (TPSA) is 107 Å². The lowest BCUT2D eigenvalue weighted by atomic mass is 10.2. The van der Waals surface area contributed by atoms with E-state index >= 15 is 0 Å². The first-order valence-corrected chi connectivity index (χ1v) is 7.53. The van der Waals surface area contributed by atoms with Crippen molar-refractivity contribution in [2.75, 3.05) is 25.1 Å². The fourth-order valence-corrected chi connectivity index (χ4v) is 1.82. The van der Waals surface area contributed by atoms with Crippen LogP contribution in [0.2, 0.25) is 0 Å². The molecule has 7 heteroatoms. The minimum atomic E-state index is -0.600. The third kappa shape index (κ3) is 6.09. The number of carbonyl (C=O) groups is 1. The van der Waals surface area contributed by atoms with Crippen LogP contribution in [0.3, 0.4) is 0 Å². The van der Waals surface area contributed by atoms with E-state index in [2.05, 4.69) is 10.6 Å². The molecule has 0 saturated carbocycles. The maximum Gasteiger partial charge on any atom is 0.267 e. The number of rotatable bonds is 9. The van der Waals surface area contributed by atoms with Crippen LogP contribution in [0, 0.1) is 22.7 Å². The van der Waals surface area contributed by atoms with Crippen LogP contribution in [0.1, 0.15) is 19.4 Å². The van der Waals surface area contributed by atoms with Crippen LogP contribution in [0.15, 0.2) is 36.0 Å². The summed E-state index contributed by atoms with van der Waals surface area (Å²) in [6.45, 7) is 4.99. The Bertz CT molecular complexity index is 653. The summed E-state index contributed by atoms with van der Waals surface area (Å²) in [7, 11) is 0. The van der Waals surface area contributed by atoms with E-state index in [4.69, 9.17) is 20.0 Å². The zero-order valence-corrected chi connectivity index (χ0v) is 13.7. The number of carbonyl (C=O) groups excluding carboxylic acids is 1. The Morgan fingerprint density at radius 2 is 1.92 bits per heavy atom. The molecule has 126 valence electrons. The molecule has 2 N–H and O–H groups in total. The highest BCUT2D eigenvalue weighted by atomic mass is 16.7. The number of hydrogen-bond acceptors (Lipinski definition) is 6. The van der Waals surface area contributed by atoms with E-state index in [9.17, 15) is 4.79 Å². The Morgan fingerprint density at radius 3 is 2.50 bits per heavy atom. The van der Waals surface area contributed by atoms with Crippen LogP contribution in [0.25, 0.3) is 0 Å². The van der Waals surface area contributed by atoms with Gasteiger partial charge in [-0.3, -0.25) is 4.79 Å². The van der Waals surface area contributed by atoms with Crippen molar-refractivity contribution in [1.29, 1.82) is 10.5 Å². The van der Waals surface area contributed by atoms with Crippen molar-refractivity contribution in [2.24, 2.45) is 0 Å². The minimum Gasteiger partial charge on any atom is -0.385 e. The van der Waals surface area contributed by atoms with Crippen LogP contribution in [-0.4, -0.2) is 32.0 Å². The lowest BCUT2D eigenvalue weighted by Crippen LogP contribution is -2.29. The largest absolute Gasteiger partial charge is 0.385 e. The van der Waals surface area contributed by atoms with Gasteiger partial charge in [0.2, 0.25) is 0 Å². The fraction of sp³-hybridized carbons (Fsp3) is 0.353. The molecule has 0 heterocycles. The van der Waals surface area contributed by atoms with Gasteiger partial charge in [0.15, 0.2) is 6.29 Å². The summed E-state index contributed by atoms with van der Waals surface area (Å²) < 4.78 is 10.7. The summed E-state index contributed by atoms with van der Waals surface area (Å²) in [5.41, 5.74) is 0.561. The van der Waals surface area contributed by atoms with Gasteiger partial charge in [-0.25, -0.2) is 0 Å². The van der Waals surface area contributed by atoms with Gasteiger partial charge >= 0.3 is 0 Å². The van der Waals surface area contributed by atoms with Gasteiger partial charge in [-0.1, -0.05) is 12.1 Å². The first-order chi connectivity index (χ1) is 11.7. The van der Waals surface area contributed by atoms with Gasteiger partial charge in [-0.05, 0) is 26.0 Å². The van der Waals surface area contributed by atoms with Crippen molar-refractivity contribution in [3.63, 3.8) is 0 Å². The van der Waals surface area contributed by atoms with Gasteiger partial charge in [0, 0.05) is 19.4 Å².